The van der Waals surface area contributed by atoms with Gasteiger partial charge in [-0.3, -0.25) is 14.5 Å². The minimum atomic E-state index is -0.353. The maximum Gasteiger partial charge on any atom is 0.231 e. The Balaban J connectivity index is 1.49. The van der Waals surface area contributed by atoms with Crippen LogP contribution in [0.3, 0.4) is 0 Å². The summed E-state index contributed by atoms with van der Waals surface area (Å²) in [6, 6.07) is 5.61. The average molecular weight is 439 g/mol. The first-order valence-corrected chi connectivity index (χ1v) is 10.8. The highest BCUT2D eigenvalue weighted by molar-refractivity contribution is 6.05. The van der Waals surface area contributed by atoms with Gasteiger partial charge in [0.15, 0.2) is 11.6 Å². The molecule has 3 aromatic rings. The van der Waals surface area contributed by atoms with Crippen LogP contribution in [0.5, 0.6) is 0 Å². The molecule has 2 unspecified atom stereocenters. The van der Waals surface area contributed by atoms with E-state index in [1.807, 2.05) is 20.8 Å². The lowest BCUT2D eigenvalue weighted by Crippen LogP contribution is -2.44. The Hall–Kier alpha value is -3.13. The average Bonchev–Trinajstić information content (AvgIpc) is 3.38. The van der Waals surface area contributed by atoms with Crippen LogP contribution in [-0.4, -0.2) is 50.7 Å². The molecule has 1 fully saturated rings. The van der Waals surface area contributed by atoms with Gasteiger partial charge in [-0.25, -0.2) is 4.39 Å². The predicted molar refractivity (Wildman–Crippen MR) is 117 cm³/mol. The van der Waals surface area contributed by atoms with E-state index in [9.17, 15) is 14.0 Å². The largest absolute Gasteiger partial charge is 0.355 e. The van der Waals surface area contributed by atoms with Gasteiger partial charge in [0.2, 0.25) is 11.7 Å². The van der Waals surface area contributed by atoms with Crippen molar-refractivity contribution >= 4 is 11.6 Å². The van der Waals surface area contributed by atoms with Gasteiger partial charge < -0.3 is 9.51 Å². The molecule has 2 aromatic heterocycles. The first-order chi connectivity index (χ1) is 15.3. The molecule has 1 aliphatic rings. The molecule has 1 saturated heterocycles. The third-order valence-electron chi connectivity index (χ3n) is 6.31. The van der Waals surface area contributed by atoms with Crippen LogP contribution in [0.25, 0.3) is 11.4 Å². The van der Waals surface area contributed by atoms with E-state index in [2.05, 4.69) is 20.0 Å². The van der Waals surface area contributed by atoms with Gasteiger partial charge in [0.1, 0.15) is 5.82 Å². The smallest absolute Gasteiger partial charge is 0.231 e. The molecule has 0 saturated carbocycles. The van der Waals surface area contributed by atoms with Crippen molar-refractivity contribution in [1.82, 2.24) is 20.0 Å². The number of aromatic amines is 1. The zero-order valence-electron chi connectivity index (χ0n) is 18.7. The van der Waals surface area contributed by atoms with Crippen LogP contribution in [0.2, 0.25) is 0 Å². The molecule has 3 heterocycles. The maximum absolute atomic E-state index is 13.2. The Labute approximate surface area is 186 Å². The summed E-state index contributed by atoms with van der Waals surface area (Å²) in [5.74, 6) is 0.572. The summed E-state index contributed by atoms with van der Waals surface area (Å²) in [4.78, 5) is 34.9. The Morgan fingerprint density at radius 2 is 1.97 bits per heavy atom. The van der Waals surface area contributed by atoms with E-state index >= 15 is 0 Å². The maximum atomic E-state index is 13.2. The molecule has 4 rings (SSSR count). The van der Waals surface area contributed by atoms with Crippen molar-refractivity contribution in [2.24, 2.45) is 0 Å². The fourth-order valence-electron chi connectivity index (χ4n) is 4.58. The van der Waals surface area contributed by atoms with Crippen molar-refractivity contribution in [3.8, 4) is 11.4 Å². The van der Waals surface area contributed by atoms with Crippen molar-refractivity contribution in [3.63, 3.8) is 0 Å². The number of H-pyrrole nitrogens is 1. The fourth-order valence-corrected chi connectivity index (χ4v) is 4.58. The predicted octanol–water partition coefficient (Wildman–Crippen LogP) is 4.47. The molecule has 1 aliphatic heterocycles. The van der Waals surface area contributed by atoms with E-state index in [1.165, 1.54) is 19.1 Å². The SMILES string of the molecule is CC(=O)c1c(C)[nH]c(C(=O)C(C)N2CCCC(c3nc(-c4ccc(F)cc4)no3)C2)c1C. The van der Waals surface area contributed by atoms with E-state index in [0.717, 1.165) is 25.1 Å². The second-order valence-electron chi connectivity index (χ2n) is 8.52. The summed E-state index contributed by atoms with van der Waals surface area (Å²) in [6.45, 7) is 8.45. The van der Waals surface area contributed by atoms with Gasteiger partial charge in [0, 0.05) is 23.4 Å². The summed E-state index contributed by atoms with van der Waals surface area (Å²) < 4.78 is 18.7. The van der Waals surface area contributed by atoms with Crippen molar-refractivity contribution in [2.45, 2.75) is 52.5 Å². The highest BCUT2D eigenvalue weighted by Gasteiger charge is 2.33. The van der Waals surface area contributed by atoms with E-state index in [1.54, 1.807) is 12.1 Å². The zero-order valence-corrected chi connectivity index (χ0v) is 18.7. The van der Waals surface area contributed by atoms with Crippen LogP contribution in [-0.2, 0) is 0 Å². The molecule has 8 heteroatoms. The molecule has 0 radical (unpaired) electrons. The second kappa shape index (κ2) is 8.78. The van der Waals surface area contributed by atoms with Crippen molar-refractivity contribution < 1.29 is 18.5 Å². The number of nitrogens with zero attached hydrogens (tertiary/aromatic N) is 3. The normalized spacial score (nSPS) is 18.0. The lowest BCUT2D eigenvalue weighted by Gasteiger charge is -2.34. The van der Waals surface area contributed by atoms with Crippen molar-refractivity contribution in [3.05, 3.63) is 58.5 Å². The highest BCUT2D eigenvalue weighted by atomic mass is 19.1. The molecule has 2 atom stereocenters. The van der Waals surface area contributed by atoms with Crippen LogP contribution < -0.4 is 0 Å². The molecular weight excluding hydrogens is 411 g/mol. The van der Waals surface area contributed by atoms with Crippen LogP contribution in [0, 0.1) is 19.7 Å². The summed E-state index contributed by atoms with van der Waals surface area (Å²) in [5.41, 5.74) is 3.22. The number of hydrogen-bond donors (Lipinski definition) is 1. The van der Waals surface area contributed by atoms with E-state index < -0.39 is 0 Å². The van der Waals surface area contributed by atoms with Crippen LogP contribution in [0.15, 0.2) is 28.8 Å². The van der Waals surface area contributed by atoms with Crippen molar-refractivity contribution in [2.75, 3.05) is 13.1 Å². The van der Waals surface area contributed by atoms with Crippen molar-refractivity contribution in [1.29, 1.82) is 0 Å². The number of Topliss-reactive ketones (excluding diaryl/α,β-unsaturated/α-hetero) is 2. The van der Waals surface area contributed by atoms with Gasteiger partial charge in [-0.15, -0.1) is 0 Å². The number of benzene rings is 1. The minimum absolute atomic E-state index is 0.0138. The Morgan fingerprint density at radius 3 is 2.62 bits per heavy atom. The lowest BCUT2D eigenvalue weighted by molar-refractivity contribution is 0.0772. The highest BCUT2D eigenvalue weighted by Crippen LogP contribution is 2.30. The number of nitrogens with one attached hydrogen (secondary N) is 1. The van der Waals surface area contributed by atoms with Gasteiger partial charge >= 0.3 is 0 Å². The number of aromatic nitrogens is 3. The first-order valence-electron chi connectivity index (χ1n) is 10.8. The number of aryl methyl sites for hydroxylation is 1. The Morgan fingerprint density at radius 1 is 1.25 bits per heavy atom. The molecule has 7 nitrogen and oxygen atoms in total. The van der Waals surface area contributed by atoms with Crippen LogP contribution in [0.1, 0.15) is 70.6 Å². The summed E-state index contributed by atoms with van der Waals surface area (Å²) in [6.07, 6.45) is 1.79. The number of halogens is 1. The standard InChI is InChI=1S/C24H27FN4O3/c1-13-20(16(4)30)14(2)26-21(13)22(31)15(3)29-11-5-6-18(12-29)24-27-23(28-32-24)17-7-9-19(25)10-8-17/h7-10,15,18,26H,5-6,11-12H2,1-4H3. The molecule has 0 aliphatic carbocycles. The number of piperidine rings is 1. The van der Waals surface area contributed by atoms with Crippen LogP contribution >= 0.6 is 0 Å². The number of carbonyl (C=O) groups is 2. The number of likely N-dealkylation sites (tertiary alicyclic amines) is 1. The first kappa shape index (κ1) is 22.1. The van der Waals surface area contributed by atoms with E-state index in [-0.39, 0.29) is 29.3 Å². The quantitative estimate of drug-likeness (QED) is 0.571. The number of rotatable bonds is 6. The van der Waals surface area contributed by atoms with Gasteiger partial charge in [0.25, 0.3) is 0 Å². The number of carbonyl (C=O) groups excluding carboxylic acids is 2. The van der Waals surface area contributed by atoms with Gasteiger partial charge in [-0.1, -0.05) is 5.16 Å². The number of hydrogen-bond acceptors (Lipinski definition) is 6. The molecule has 0 amide bonds. The molecule has 0 bridgehead atoms. The van der Waals surface area contributed by atoms with Gasteiger partial charge in [0.05, 0.1) is 17.7 Å². The fraction of sp³-hybridized carbons (Fsp3) is 0.417. The summed E-state index contributed by atoms with van der Waals surface area (Å²) in [5, 5.41) is 4.05. The lowest BCUT2D eigenvalue weighted by atomic mass is 9.95. The molecule has 0 spiro atoms. The van der Waals surface area contributed by atoms with Gasteiger partial charge in [-0.2, -0.15) is 4.98 Å². The second-order valence-corrected chi connectivity index (χ2v) is 8.52. The monoisotopic (exact) mass is 438 g/mol. The molecule has 32 heavy (non-hydrogen) atoms. The van der Waals surface area contributed by atoms with E-state index in [4.69, 9.17) is 4.52 Å². The number of ketones is 2. The Bertz CT molecular complexity index is 1150. The topological polar surface area (TPSA) is 92.1 Å². The van der Waals surface area contributed by atoms with Gasteiger partial charge in [-0.05, 0) is 76.9 Å². The third-order valence-corrected chi connectivity index (χ3v) is 6.31. The molecule has 1 N–H and O–H groups in total. The Kier molecular flexibility index (Phi) is 6.06. The molecular formula is C24H27FN4O3. The third kappa shape index (κ3) is 4.14. The zero-order chi connectivity index (χ0) is 23.0. The molecule has 168 valence electrons. The summed E-state index contributed by atoms with van der Waals surface area (Å²) in [7, 11) is 0. The minimum Gasteiger partial charge on any atom is -0.355 e. The van der Waals surface area contributed by atoms with E-state index in [0.29, 0.717) is 40.6 Å². The van der Waals surface area contributed by atoms with Crippen LogP contribution in [0.4, 0.5) is 4.39 Å². The summed E-state index contributed by atoms with van der Waals surface area (Å²) >= 11 is 0. The molecule has 1 aromatic carbocycles.